The van der Waals surface area contributed by atoms with Crippen LogP contribution in [0.3, 0.4) is 0 Å². The maximum atomic E-state index is 13.3. The summed E-state index contributed by atoms with van der Waals surface area (Å²) in [5.74, 6) is 0.494. The highest BCUT2D eigenvalue weighted by molar-refractivity contribution is 7.99. The molecule has 2 aromatic heterocycles. The maximum Gasteiger partial charge on any atom is 0.265 e. The number of carbonyl (C=O) groups is 1. The van der Waals surface area contributed by atoms with E-state index in [9.17, 15) is 9.59 Å². The van der Waals surface area contributed by atoms with Crippen molar-refractivity contribution in [2.75, 3.05) is 11.1 Å². The van der Waals surface area contributed by atoms with E-state index in [0.29, 0.717) is 27.0 Å². The van der Waals surface area contributed by atoms with Gasteiger partial charge in [0.15, 0.2) is 10.8 Å². The summed E-state index contributed by atoms with van der Waals surface area (Å²) in [5.41, 5.74) is 2.93. The third-order valence-corrected chi connectivity index (χ3v) is 6.85. The summed E-state index contributed by atoms with van der Waals surface area (Å²) in [6.45, 7) is 2.05. The van der Waals surface area contributed by atoms with Crippen molar-refractivity contribution in [3.05, 3.63) is 75.7 Å². The number of aryl methyl sites for hydroxylation is 1. The Morgan fingerprint density at radius 1 is 1.25 bits per heavy atom. The Hall–Kier alpha value is -3.10. The summed E-state index contributed by atoms with van der Waals surface area (Å²) in [6, 6.07) is 14.7. The zero-order valence-electron chi connectivity index (χ0n) is 17.3. The second-order valence-electron chi connectivity index (χ2n) is 7.57. The lowest BCUT2D eigenvalue weighted by Gasteiger charge is -2.15. The lowest BCUT2D eigenvalue weighted by atomic mass is 10.1. The van der Waals surface area contributed by atoms with Gasteiger partial charge in [0, 0.05) is 22.9 Å². The van der Waals surface area contributed by atoms with Crippen LogP contribution in [0.2, 0.25) is 5.02 Å². The minimum atomic E-state index is -0.261. The Kier molecular flexibility index (Phi) is 5.48. The van der Waals surface area contributed by atoms with Gasteiger partial charge in [-0.2, -0.15) is 5.10 Å². The fourth-order valence-corrected chi connectivity index (χ4v) is 5.26. The van der Waals surface area contributed by atoms with E-state index in [0.717, 1.165) is 23.4 Å². The first-order valence-corrected chi connectivity index (χ1v) is 11.7. The molecule has 4 aromatic rings. The van der Waals surface area contributed by atoms with Gasteiger partial charge in [-0.25, -0.2) is 9.67 Å². The fourth-order valence-electron chi connectivity index (χ4n) is 3.94. The van der Waals surface area contributed by atoms with Gasteiger partial charge < -0.3 is 5.32 Å². The van der Waals surface area contributed by atoms with E-state index in [-0.39, 0.29) is 23.9 Å². The molecular weight excluding hydrogens is 446 g/mol. The minimum Gasteiger partial charge on any atom is -0.326 e. The van der Waals surface area contributed by atoms with E-state index in [1.54, 1.807) is 21.4 Å². The van der Waals surface area contributed by atoms with Crippen molar-refractivity contribution in [2.24, 2.45) is 0 Å². The average molecular weight is 466 g/mol. The SMILES string of the molecule is CCc1ccccc1NC(=O)CC1CSc2nc3c(cnn3-c3cccc(Cl)c3)c(=O)n21. The van der Waals surface area contributed by atoms with E-state index < -0.39 is 0 Å². The number of amides is 1. The molecule has 1 atom stereocenters. The van der Waals surface area contributed by atoms with Gasteiger partial charge in [0.2, 0.25) is 5.91 Å². The monoisotopic (exact) mass is 465 g/mol. The zero-order valence-corrected chi connectivity index (χ0v) is 18.9. The molecule has 0 bridgehead atoms. The quantitative estimate of drug-likeness (QED) is 0.439. The molecule has 162 valence electrons. The first-order valence-electron chi connectivity index (χ1n) is 10.3. The summed E-state index contributed by atoms with van der Waals surface area (Å²) >= 11 is 7.59. The Morgan fingerprint density at radius 3 is 2.91 bits per heavy atom. The number of halogens is 1. The second-order valence-corrected chi connectivity index (χ2v) is 8.99. The molecule has 1 unspecified atom stereocenters. The van der Waals surface area contributed by atoms with E-state index >= 15 is 0 Å². The van der Waals surface area contributed by atoms with Gasteiger partial charge in [0.25, 0.3) is 5.56 Å². The number of anilines is 1. The third kappa shape index (κ3) is 3.69. The zero-order chi connectivity index (χ0) is 22.2. The lowest BCUT2D eigenvalue weighted by Crippen LogP contribution is -2.28. The van der Waals surface area contributed by atoms with Crippen LogP contribution in [0, 0.1) is 0 Å². The van der Waals surface area contributed by atoms with Crippen LogP contribution in [-0.4, -0.2) is 31.0 Å². The summed E-state index contributed by atoms with van der Waals surface area (Å²) in [4.78, 5) is 30.7. The summed E-state index contributed by atoms with van der Waals surface area (Å²) < 4.78 is 3.24. The van der Waals surface area contributed by atoms with E-state index in [1.165, 1.54) is 18.0 Å². The van der Waals surface area contributed by atoms with Gasteiger partial charge in [-0.05, 0) is 36.2 Å². The molecule has 0 saturated heterocycles. The summed E-state index contributed by atoms with van der Waals surface area (Å²) in [6.07, 6.45) is 2.56. The molecule has 0 fully saturated rings. The van der Waals surface area contributed by atoms with Gasteiger partial charge in [-0.1, -0.05) is 54.6 Å². The number of aromatic nitrogens is 4. The second kappa shape index (κ2) is 8.44. The smallest absolute Gasteiger partial charge is 0.265 e. The highest BCUT2D eigenvalue weighted by Gasteiger charge is 2.29. The number of fused-ring (bicyclic) bond motifs is 2. The van der Waals surface area contributed by atoms with Crippen LogP contribution in [-0.2, 0) is 11.2 Å². The molecular formula is C23H20ClN5O2S. The number of thioether (sulfide) groups is 1. The summed E-state index contributed by atoms with van der Waals surface area (Å²) in [7, 11) is 0. The van der Waals surface area contributed by atoms with Gasteiger partial charge in [-0.3, -0.25) is 14.2 Å². The molecule has 1 N–H and O–H groups in total. The van der Waals surface area contributed by atoms with Crippen molar-refractivity contribution < 1.29 is 4.79 Å². The molecule has 7 nitrogen and oxygen atoms in total. The number of nitrogens with zero attached hydrogens (tertiary/aromatic N) is 4. The molecule has 0 aliphatic carbocycles. The molecule has 5 rings (SSSR count). The van der Waals surface area contributed by atoms with E-state index in [2.05, 4.69) is 17.3 Å². The first-order chi connectivity index (χ1) is 15.5. The molecule has 0 radical (unpaired) electrons. The van der Waals surface area contributed by atoms with Crippen LogP contribution >= 0.6 is 23.4 Å². The third-order valence-electron chi connectivity index (χ3n) is 5.52. The normalized spacial score (nSPS) is 15.1. The standard InChI is InChI=1S/C23H20ClN5O2S/c1-2-14-6-3-4-9-19(14)26-20(30)11-17-13-32-23-27-21-18(22(31)28(17)23)12-25-29(21)16-8-5-7-15(24)10-16/h3-10,12,17H,2,11,13H2,1H3,(H,26,30). The van der Waals surface area contributed by atoms with Crippen LogP contribution in [0.1, 0.15) is 24.9 Å². The number of hydrogen-bond acceptors (Lipinski definition) is 5. The van der Waals surface area contributed by atoms with Crippen LogP contribution in [0.5, 0.6) is 0 Å². The van der Waals surface area contributed by atoms with Crippen LogP contribution < -0.4 is 10.9 Å². The highest BCUT2D eigenvalue weighted by atomic mass is 35.5. The van der Waals surface area contributed by atoms with Crippen molar-refractivity contribution in [3.8, 4) is 5.69 Å². The molecule has 1 aliphatic rings. The van der Waals surface area contributed by atoms with Crippen molar-refractivity contribution in [1.82, 2.24) is 19.3 Å². The van der Waals surface area contributed by atoms with E-state index in [1.807, 2.05) is 36.4 Å². The number of hydrogen-bond donors (Lipinski definition) is 1. The first kappa shape index (κ1) is 20.8. The summed E-state index contributed by atoms with van der Waals surface area (Å²) in [5, 5.41) is 8.94. The maximum absolute atomic E-state index is 13.3. The molecule has 1 amide bonds. The van der Waals surface area contributed by atoms with E-state index in [4.69, 9.17) is 16.6 Å². The Balaban J connectivity index is 1.45. The van der Waals surface area contributed by atoms with Gasteiger partial charge in [0.05, 0.1) is 17.9 Å². The highest BCUT2D eigenvalue weighted by Crippen LogP contribution is 2.34. The van der Waals surface area contributed by atoms with Crippen molar-refractivity contribution in [3.63, 3.8) is 0 Å². The molecule has 2 aromatic carbocycles. The van der Waals surface area contributed by atoms with Crippen molar-refractivity contribution in [1.29, 1.82) is 0 Å². The molecule has 0 saturated carbocycles. The topological polar surface area (TPSA) is 81.8 Å². The van der Waals surface area contributed by atoms with Gasteiger partial charge in [0.1, 0.15) is 5.39 Å². The predicted octanol–water partition coefficient (Wildman–Crippen LogP) is 4.47. The molecule has 0 spiro atoms. The van der Waals surface area contributed by atoms with Crippen LogP contribution in [0.25, 0.3) is 16.7 Å². The Bertz CT molecular complexity index is 1400. The Morgan fingerprint density at radius 2 is 2.09 bits per heavy atom. The van der Waals surface area contributed by atoms with Crippen molar-refractivity contribution >= 4 is 46.0 Å². The molecule has 1 aliphatic heterocycles. The number of carbonyl (C=O) groups excluding carboxylic acids is 1. The Labute approximate surface area is 193 Å². The molecule has 3 heterocycles. The van der Waals surface area contributed by atoms with Gasteiger partial charge >= 0.3 is 0 Å². The molecule has 32 heavy (non-hydrogen) atoms. The van der Waals surface area contributed by atoms with Crippen LogP contribution in [0.4, 0.5) is 5.69 Å². The fraction of sp³-hybridized carbons (Fsp3) is 0.217. The van der Waals surface area contributed by atoms with Crippen molar-refractivity contribution in [2.45, 2.75) is 31.0 Å². The largest absolute Gasteiger partial charge is 0.326 e. The van der Waals surface area contributed by atoms with Gasteiger partial charge in [-0.15, -0.1) is 0 Å². The molecule has 9 heteroatoms. The number of rotatable bonds is 5. The predicted molar refractivity (Wildman–Crippen MR) is 127 cm³/mol. The lowest BCUT2D eigenvalue weighted by molar-refractivity contribution is -0.116. The number of nitrogens with one attached hydrogen (secondary N) is 1. The number of para-hydroxylation sites is 1. The average Bonchev–Trinajstić information content (AvgIpc) is 3.39. The number of benzene rings is 2. The van der Waals surface area contributed by atoms with Crippen LogP contribution in [0.15, 0.2) is 64.7 Å². The minimum absolute atomic E-state index is 0.119.